The number of halogens is 2. The van der Waals surface area contributed by atoms with Gasteiger partial charge in [0.1, 0.15) is 4.34 Å². The van der Waals surface area contributed by atoms with Crippen molar-refractivity contribution in [1.82, 2.24) is 5.32 Å². The van der Waals surface area contributed by atoms with Gasteiger partial charge < -0.3 is 10.4 Å². The highest BCUT2D eigenvalue weighted by molar-refractivity contribution is 7.20. The molecule has 0 atom stereocenters. The lowest BCUT2D eigenvalue weighted by Gasteiger charge is -2.37. The Morgan fingerprint density at radius 3 is 2.50 bits per heavy atom. The molecular formula is C11H11Cl2NO3S. The first kappa shape index (κ1) is 13.6. The van der Waals surface area contributed by atoms with Crippen LogP contribution >= 0.6 is 34.5 Å². The summed E-state index contributed by atoms with van der Waals surface area (Å²) in [5, 5.41) is 11.8. The number of carboxylic acids is 1. The van der Waals surface area contributed by atoms with Crippen molar-refractivity contribution in [3.05, 3.63) is 20.3 Å². The Kier molecular flexibility index (Phi) is 3.84. The van der Waals surface area contributed by atoms with E-state index in [1.165, 1.54) is 6.07 Å². The van der Waals surface area contributed by atoms with E-state index in [0.717, 1.165) is 17.8 Å². The van der Waals surface area contributed by atoms with Gasteiger partial charge in [0.05, 0.1) is 15.3 Å². The molecule has 1 aliphatic rings. The number of carbonyl (C=O) groups excluding carboxylic acids is 1. The number of nitrogens with one attached hydrogen (secondary N) is 1. The maximum Gasteiger partial charge on any atom is 0.311 e. The molecule has 1 heterocycles. The summed E-state index contributed by atoms with van der Waals surface area (Å²) in [5.41, 5.74) is -0.506. The summed E-state index contributed by atoms with van der Waals surface area (Å²) < 4.78 is 0.747. The maximum atomic E-state index is 11.8. The molecule has 0 spiro atoms. The van der Waals surface area contributed by atoms with E-state index in [1.807, 2.05) is 0 Å². The summed E-state index contributed by atoms with van der Waals surface area (Å²) in [5.74, 6) is -1.24. The predicted molar refractivity (Wildman–Crippen MR) is 70.6 cm³/mol. The molecule has 0 radical (unpaired) electrons. The number of hydrogen-bond donors (Lipinski definition) is 2. The molecule has 7 heteroatoms. The molecule has 0 unspecified atom stereocenters. The summed E-state index contributed by atoms with van der Waals surface area (Å²) in [6.07, 6.45) is 2.08. The first-order chi connectivity index (χ1) is 8.44. The van der Waals surface area contributed by atoms with E-state index in [4.69, 9.17) is 28.3 Å². The Balaban J connectivity index is 2.00. The smallest absolute Gasteiger partial charge is 0.311 e. The molecule has 0 bridgehead atoms. The third-order valence-electron chi connectivity index (χ3n) is 3.25. The van der Waals surface area contributed by atoms with E-state index in [-0.39, 0.29) is 12.5 Å². The highest BCUT2D eigenvalue weighted by Gasteiger charge is 2.44. The van der Waals surface area contributed by atoms with Crippen LogP contribution in [0, 0.1) is 5.41 Å². The fraction of sp³-hybridized carbons (Fsp3) is 0.455. The van der Waals surface area contributed by atoms with Crippen molar-refractivity contribution < 1.29 is 14.7 Å². The van der Waals surface area contributed by atoms with Gasteiger partial charge in [0.25, 0.3) is 5.91 Å². The molecule has 0 saturated heterocycles. The third-order valence-corrected chi connectivity index (χ3v) is 4.74. The summed E-state index contributed by atoms with van der Waals surface area (Å²) in [7, 11) is 0. The SMILES string of the molecule is O=C(NCC1(C(=O)O)CCC1)c1cc(Cl)sc1Cl. The maximum absolute atomic E-state index is 11.8. The number of aliphatic carboxylic acids is 1. The van der Waals surface area contributed by atoms with E-state index < -0.39 is 11.4 Å². The number of rotatable bonds is 4. The zero-order valence-electron chi connectivity index (χ0n) is 9.33. The second-order valence-corrected chi connectivity index (χ2v) is 6.65. The molecule has 18 heavy (non-hydrogen) atoms. The van der Waals surface area contributed by atoms with Crippen molar-refractivity contribution in [3.63, 3.8) is 0 Å². The Bertz CT molecular complexity index is 496. The quantitative estimate of drug-likeness (QED) is 0.898. The van der Waals surface area contributed by atoms with Crippen molar-refractivity contribution in [2.45, 2.75) is 19.3 Å². The molecule has 2 rings (SSSR count). The second-order valence-electron chi connectivity index (χ2n) is 4.36. The Morgan fingerprint density at radius 2 is 2.11 bits per heavy atom. The molecule has 1 amide bonds. The molecule has 1 fully saturated rings. The van der Waals surface area contributed by atoms with Crippen molar-refractivity contribution in [1.29, 1.82) is 0 Å². The van der Waals surface area contributed by atoms with Crippen LogP contribution in [-0.4, -0.2) is 23.5 Å². The van der Waals surface area contributed by atoms with E-state index in [2.05, 4.69) is 5.32 Å². The standard InChI is InChI=1S/C11H11Cl2NO3S/c12-7-4-6(8(13)18-7)9(15)14-5-11(10(16)17)2-1-3-11/h4H,1-3,5H2,(H,14,15)(H,16,17). The van der Waals surface area contributed by atoms with Gasteiger partial charge in [0.15, 0.2) is 0 Å². The third kappa shape index (κ3) is 2.48. The molecule has 1 aliphatic carbocycles. The molecule has 1 aromatic heterocycles. The zero-order chi connectivity index (χ0) is 13.3. The van der Waals surface area contributed by atoms with Crippen LogP contribution in [0.25, 0.3) is 0 Å². The minimum absolute atomic E-state index is 0.130. The Labute approximate surface area is 118 Å². The number of thiophene rings is 1. The first-order valence-corrected chi connectivity index (χ1v) is 6.98. The van der Waals surface area contributed by atoms with E-state index in [1.54, 1.807) is 0 Å². The van der Waals surface area contributed by atoms with Crippen molar-refractivity contribution >= 4 is 46.4 Å². The predicted octanol–water partition coefficient (Wildman–Crippen LogP) is 3.04. The lowest BCUT2D eigenvalue weighted by atomic mass is 9.69. The van der Waals surface area contributed by atoms with Gasteiger partial charge in [-0.25, -0.2) is 0 Å². The van der Waals surface area contributed by atoms with Gasteiger partial charge in [-0.3, -0.25) is 9.59 Å². The normalized spacial score (nSPS) is 17.0. The molecule has 98 valence electrons. The topological polar surface area (TPSA) is 66.4 Å². The second kappa shape index (κ2) is 5.07. The average Bonchev–Trinajstić information content (AvgIpc) is 2.55. The minimum atomic E-state index is -0.858. The molecular weight excluding hydrogens is 297 g/mol. The van der Waals surface area contributed by atoms with Gasteiger partial charge in [-0.2, -0.15) is 0 Å². The van der Waals surface area contributed by atoms with E-state index >= 15 is 0 Å². The minimum Gasteiger partial charge on any atom is -0.481 e. The van der Waals surface area contributed by atoms with Crippen LogP contribution in [0.15, 0.2) is 6.07 Å². The van der Waals surface area contributed by atoms with Gasteiger partial charge in [0.2, 0.25) is 0 Å². The van der Waals surface area contributed by atoms with Crippen molar-refractivity contribution in [2.75, 3.05) is 6.54 Å². The fourth-order valence-corrected chi connectivity index (χ4v) is 3.37. The Hall–Kier alpha value is -0.780. The summed E-state index contributed by atoms with van der Waals surface area (Å²) >= 11 is 12.7. The number of carboxylic acid groups (broad SMARTS) is 1. The molecule has 2 N–H and O–H groups in total. The highest BCUT2D eigenvalue weighted by atomic mass is 35.5. The average molecular weight is 308 g/mol. The van der Waals surface area contributed by atoms with Crippen molar-refractivity contribution in [3.8, 4) is 0 Å². The van der Waals surface area contributed by atoms with E-state index in [9.17, 15) is 9.59 Å². The van der Waals surface area contributed by atoms with Crippen LogP contribution in [0.4, 0.5) is 0 Å². The molecule has 1 aromatic rings. The number of amides is 1. The lowest BCUT2D eigenvalue weighted by molar-refractivity contribution is -0.153. The Morgan fingerprint density at radius 1 is 1.44 bits per heavy atom. The summed E-state index contributed by atoms with van der Waals surface area (Å²) in [4.78, 5) is 23.0. The number of carbonyl (C=O) groups is 2. The monoisotopic (exact) mass is 307 g/mol. The largest absolute Gasteiger partial charge is 0.481 e. The van der Waals surface area contributed by atoms with E-state index in [0.29, 0.717) is 27.1 Å². The number of hydrogen-bond acceptors (Lipinski definition) is 3. The molecule has 0 aliphatic heterocycles. The molecule has 0 aromatic carbocycles. The summed E-state index contributed by atoms with van der Waals surface area (Å²) in [6, 6.07) is 1.48. The zero-order valence-corrected chi connectivity index (χ0v) is 11.7. The molecule has 4 nitrogen and oxygen atoms in total. The van der Waals surface area contributed by atoms with Gasteiger partial charge in [0, 0.05) is 6.54 Å². The van der Waals surface area contributed by atoms with Crippen LogP contribution in [0.1, 0.15) is 29.6 Å². The van der Waals surface area contributed by atoms with Gasteiger partial charge in [-0.1, -0.05) is 29.6 Å². The molecule has 1 saturated carbocycles. The first-order valence-electron chi connectivity index (χ1n) is 5.41. The van der Waals surface area contributed by atoms with Gasteiger partial charge >= 0.3 is 5.97 Å². The van der Waals surface area contributed by atoms with Crippen molar-refractivity contribution in [2.24, 2.45) is 5.41 Å². The van der Waals surface area contributed by atoms with Crippen LogP contribution in [0.5, 0.6) is 0 Å². The fourth-order valence-electron chi connectivity index (χ4n) is 1.91. The summed E-state index contributed by atoms with van der Waals surface area (Å²) in [6.45, 7) is 0.130. The van der Waals surface area contributed by atoms with Gasteiger partial charge in [-0.05, 0) is 18.9 Å². The van der Waals surface area contributed by atoms with Crippen LogP contribution in [-0.2, 0) is 4.79 Å². The van der Waals surface area contributed by atoms with Crippen LogP contribution in [0.3, 0.4) is 0 Å². The van der Waals surface area contributed by atoms with Crippen LogP contribution < -0.4 is 5.32 Å². The highest BCUT2D eigenvalue weighted by Crippen LogP contribution is 2.40. The van der Waals surface area contributed by atoms with Crippen LogP contribution in [0.2, 0.25) is 8.67 Å². The van der Waals surface area contributed by atoms with Gasteiger partial charge in [-0.15, -0.1) is 11.3 Å². The lowest BCUT2D eigenvalue weighted by Crippen LogP contribution is -2.47.